The molecule has 2 heterocycles. The van der Waals surface area contributed by atoms with Crippen molar-refractivity contribution in [2.24, 2.45) is 5.84 Å². The predicted molar refractivity (Wildman–Crippen MR) is 80.8 cm³/mol. The van der Waals surface area contributed by atoms with Crippen molar-refractivity contribution in [2.75, 3.05) is 0 Å². The Kier molecular flexibility index (Phi) is 3.68. The number of nitrogens with zero attached hydrogens (tertiary/aromatic N) is 1. The van der Waals surface area contributed by atoms with E-state index in [0.717, 1.165) is 16.2 Å². The Labute approximate surface area is 125 Å². The van der Waals surface area contributed by atoms with Gasteiger partial charge in [0.2, 0.25) is 0 Å². The smallest absolute Gasteiger partial charge is 0.268 e. The molecule has 0 atom stereocenters. The summed E-state index contributed by atoms with van der Waals surface area (Å²) in [5.41, 5.74) is 5.64. The number of nitrogen functional groups attached to an aromatic ring is 1. The summed E-state index contributed by atoms with van der Waals surface area (Å²) in [4.78, 5) is 19.3. The van der Waals surface area contributed by atoms with Crippen molar-refractivity contribution < 1.29 is 9.21 Å². The van der Waals surface area contributed by atoms with Gasteiger partial charge in [-0.2, -0.15) is 0 Å². The highest BCUT2D eigenvalue weighted by Crippen LogP contribution is 2.25. The number of aryl methyl sites for hydroxylation is 1. The lowest BCUT2D eigenvalue weighted by Gasteiger charge is -1.99. The molecule has 108 valence electrons. The van der Waals surface area contributed by atoms with E-state index in [2.05, 4.69) is 15.4 Å². The molecule has 0 aliphatic rings. The van der Waals surface area contributed by atoms with Gasteiger partial charge in [-0.15, -0.1) is 0 Å². The van der Waals surface area contributed by atoms with Gasteiger partial charge in [0.05, 0.1) is 28.6 Å². The Morgan fingerprint density at radius 3 is 3.14 bits per heavy atom. The maximum absolute atomic E-state index is 11.6. The van der Waals surface area contributed by atoms with Crippen LogP contribution in [-0.4, -0.2) is 15.9 Å². The number of hydrazine groups is 1. The summed E-state index contributed by atoms with van der Waals surface area (Å²) in [6.45, 7) is 2.04. The van der Waals surface area contributed by atoms with E-state index in [-0.39, 0.29) is 5.91 Å². The molecule has 4 N–H and O–H groups in total. The molecule has 2 aromatic heterocycles. The van der Waals surface area contributed by atoms with Gasteiger partial charge in [0.1, 0.15) is 5.76 Å². The number of thioether (sulfide) groups is 1. The highest BCUT2D eigenvalue weighted by molar-refractivity contribution is 7.98. The van der Waals surface area contributed by atoms with Crippen LogP contribution >= 0.6 is 11.8 Å². The van der Waals surface area contributed by atoms with Crippen molar-refractivity contribution in [2.45, 2.75) is 17.8 Å². The van der Waals surface area contributed by atoms with Crippen molar-refractivity contribution in [3.63, 3.8) is 0 Å². The number of nitrogens with two attached hydrogens (primary N) is 1. The van der Waals surface area contributed by atoms with E-state index < -0.39 is 0 Å². The lowest BCUT2D eigenvalue weighted by molar-refractivity contribution is 0.0952. The molecule has 6 nitrogen and oxygen atoms in total. The lowest BCUT2D eigenvalue weighted by atomic mass is 10.2. The summed E-state index contributed by atoms with van der Waals surface area (Å²) in [6.07, 6.45) is 1.47. The molecule has 3 aromatic rings. The molecule has 0 aliphatic heterocycles. The Morgan fingerprint density at radius 1 is 1.48 bits per heavy atom. The molecule has 0 bridgehead atoms. The van der Waals surface area contributed by atoms with Gasteiger partial charge in [0, 0.05) is 0 Å². The van der Waals surface area contributed by atoms with Crippen molar-refractivity contribution in [3.8, 4) is 0 Å². The number of furan rings is 1. The van der Waals surface area contributed by atoms with E-state index in [1.807, 2.05) is 25.1 Å². The third-order valence-electron chi connectivity index (χ3n) is 3.08. The van der Waals surface area contributed by atoms with E-state index in [1.54, 1.807) is 6.07 Å². The molecular formula is C14H14N4O2S. The fraction of sp³-hybridized carbons (Fsp3) is 0.143. The molecule has 0 saturated carbocycles. The zero-order chi connectivity index (χ0) is 14.8. The molecule has 0 aliphatic carbocycles. The minimum atomic E-state index is -0.361. The van der Waals surface area contributed by atoms with Gasteiger partial charge in [0.15, 0.2) is 5.16 Å². The second-order valence-corrected chi connectivity index (χ2v) is 5.55. The SMILES string of the molecule is Cc1ccc2nc(SCc3occc3C(=O)NN)[nH]c2c1. The van der Waals surface area contributed by atoms with Crippen LogP contribution < -0.4 is 11.3 Å². The molecular weight excluding hydrogens is 288 g/mol. The zero-order valence-corrected chi connectivity index (χ0v) is 12.2. The molecule has 0 saturated heterocycles. The summed E-state index contributed by atoms with van der Waals surface area (Å²) < 4.78 is 5.32. The number of hydrogen-bond donors (Lipinski definition) is 3. The number of benzene rings is 1. The van der Waals surface area contributed by atoms with Gasteiger partial charge >= 0.3 is 0 Å². The highest BCUT2D eigenvalue weighted by Gasteiger charge is 2.14. The Morgan fingerprint density at radius 2 is 2.33 bits per heavy atom. The third kappa shape index (κ3) is 2.79. The first-order valence-electron chi connectivity index (χ1n) is 6.34. The van der Waals surface area contributed by atoms with Crippen LogP contribution in [0.15, 0.2) is 40.1 Å². The zero-order valence-electron chi connectivity index (χ0n) is 11.3. The van der Waals surface area contributed by atoms with E-state index in [9.17, 15) is 4.79 Å². The standard InChI is InChI=1S/C14H14N4O2S/c1-8-2-3-10-11(6-8)17-14(16-10)21-7-12-9(4-5-20-12)13(19)18-15/h2-6H,7,15H2,1H3,(H,16,17)(H,18,19). The average Bonchev–Trinajstić information content (AvgIpc) is 3.09. The number of nitrogens with one attached hydrogen (secondary N) is 2. The summed E-state index contributed by atoms with van der Waals surface area (Å²) in [6, 6.07) is 7.64. The number of hydrogen-bond acceptors (Lipinski definition) is 5. The van der Waals surface area contributed by atoms with Crippen molar-refractivity contribution in [1.82, 2.24) is 15.4 Å². The number of carbonyl (C=O) groups is 1. The quantitative estimate of drug-likeness (QED) is 0.297. The normalized spacial score (nSPS) is 11.0. The number of carbonyl (C=O) groups excluding carboxylic acids is 1. The van der Waals surface area contributed by atoms with Gasteiger partial charge in [-0.25, -0.2) is 10.8 Å². The lowest BCUT2D eigenvalue weighted by Crippen LogP contribution is -2.30. The van der Waals surface area contributed by atoms with Crippen LogP contribution in [0, 0.1) is 6.92 Å². The maximum Gasteiger partial charge on any atom is 0.268 e. The van der Waals surface area contributed by atoms with Gasteiger partial charge in [0.25, 0.3) is 5.91 Å². The van der Waals surface area contributed by atoms with E-state index >= 15 is 0 Å². The molecule has 1 aromatic carbocycles. The summed E-state index contributed by atoms with van der Waals surface area (Å²) in [7, 11) is 0. The number of H-pyrrole nitrogens is 1. The fourth-order valence-corrected chi connectivity index (χ4v) is 2.87. The van der Waals surface area contributed by atoms with Gasteiger partial charge in [-0.1, -0.05) is 17.8 Å². The van der Waals surface area contributed by atoms with Crippen molar-refractivity contribution in [3.05, 3.63) is 47.4 Å². The molecule has 3 rings (SSSR count). The summed E-state index contributed by atoms with van der Waals surface area (Å²) in [5, 5.41) is 0.783. The van der Waals surface area contributed by atoms with E-state index in [4.69, 9.17) is 10.3 Å². The predicted octanol–water partition coefficient (Wildman–Crippen LogP) is 2.36. The molecule has 7 heteroatoms. The maximum atomic E-state index is 11.6. The van der Waals surface area contributed by atoms with Crippen LogP contribution in [0.4, 0.5) is 0 Å². The number of rotatable bonds is 4. The first kappa shape index (κ1) is 13.7. The van der Waals surface area contributed by atoms with E-state index in [1.165, 1.54) is 23.6 Å². The van der Waals surface area contributed by atoms with Crippen molar-refractivity contribution in [1.29, 1.82) is 0 Å². The molecule has 21 heavy (non-hydrogen) atoms. The van der Waals surface area contributed by atoms with E-state index in [0.29, 0.717) is 17.1 Å². The molecule has 0 fully saturated rings. The molecule has 1 amide bonds. The van der Waals surface area contributed by atoms with Crippen molar-refractivity contribution >= 4 is 28.7 Å². The minimum Gasteiger partial charge on any atom is -0.468 e. The number of aromatic amines is 1. The number of amides is 1. The first-order valence-corrected chi connectivity index (χ1v) is 7.32. The van der Waals surface area contributed by atoms with Gasteiger partial charge < -0.3 is 9.40 Å². The fourth-order valence-electron chi connectivity index (χ4n) is 2.03. The first-order chi connectivity index (χ1) is 10.2. The Balaban J connectivity index is 1.77. The molecule has 0 spiro atoms. The van der Waals surface area contributed by atoms with Crippen LogP contribution in [0.5, 0.6) is 0 Å². The number of fused-ring (bicyclic) bond motifs is 1. The number of aromatic nitrogens is 2. The van der Waals surface area contributed by atoms with Crippen LogP contribution in [0.1, 0.15) is 21.7 Å². The average molecular weight is 302 g/mol. The summed E-state index contributed by atoms with van der Waals surface area (Å²) >= 11 is 1.47. The number of imidazole rings is 1. The topological polar surface area (TPSA) is 96.9 Å². The van der Waals surface area contributed by atoms with Crippen LogP contribution in [0.2, 0.25) is 0 Å². The minimum absolute atomic E-state index is 0.361. The molecule has 0 unspecified atom stereocenters. The second-order valence-electron chi connectivity index (χ2n) is 4.58. The highest BCUT2D eigenvalue weighted by atomic mass is 32.2. The van der Waals surface area contributed by atoms with Gasteiger partial charge in [-0.3, -0.25) is 10.2 Å². The van der Waals surface area contributed by atoms with Crippen LogP contribution in [0.3, 0.4) is 0 Å². The Hall–Kier alpha value is -2.25. The molecule has 0 radical (unpaired) electrons. The van der Waals surface area contributed by atoms with Crippen LogP contribution in [0.25, 0.3) is 11.0 Å². The van der Waals surface area contributed by atoms with Crippen LogP contribution in [-0.2, 0) is 5.75 Å². The third-order valence-corrected chi connectivity index (χ3v) is 3.95. The largest absolute Gasteiger partial charge is 0.468 e. The summed E-state index contributed by atoms with van der Waals surface area (Å²) in [5.74, 6) is 5.84. The Bertz CT molecular complexity index is 793. The monoisotopic (exact) mass is 302 g/mol. The second kappa shape index (κ2) is 5.63. The van der Waals surface area contributed by atoms with Gasteiger partial charge in [-0.05, 0) is 30.7 Å².